The topological polar surface area (TPSA) is 95.9 Å². The molecule has 2 unspecified atom stereocenters. The number of ether oxygens (including phenoxy) is 1. The minimum absolute atomic E-state index is 0.0164. The first-order valence-electron chi connectivity index (χ1n) is 31.3. The summed E-state index contributed by atoms with van der Waals surface area (Å²) < 4.78 is 5.47. The standard InChI is InChI=1S/C64H121NO5/c1-3-5-7-9-11-13-15-17-19-21-22-23-24-25-26-27-28-32-36-40-44-48-52-56-62(67)61(60-66)65-63(68)57-53-49-45-41-37-33-30-31-35-39-43-47-51-55-59-70-64(69)58-54-50-46-42-38-34-29-20-18-16-14-12-10-8-6-4-2/h14,16,20,29,52,56,61-62,66-67H,3-13,15,17-19,21-28,30-51,53-55,57-60H2,1-2H3,(H,65,68)/b16-14-,29-20-,56-52+. The van der Waals surface area contributed by atoms with Crippen LogP contribution in [0.2, 0.25) is 0 Å². The fourth-order valence-corrected chi connectivity index (χ4v) is 9.61. The average Bonchev–Trinajstić information content (AvgIpc) is 3.36. The van der Waals surface area contributed by atoms with Crippen LogP contribution in [0.3, 0.4) is 0 Å². The van der Waals surface area contributed by atoms with E-state index in [2.05, 4.69) is 43.5 Å². The summed E-state index contributed by atoms with van der Waals surface area (Å²) in [5.74, 6) is -0.0927. The Labute approximate surface area is 436 Å². The molecule has 2 atom stereocenters. The summed E-state index contributed by atoms with van der Waals surface area (Å²) in [6.45, 7) is 4.88. The van der Waals surface area contributed by atoms with E-state index in [1.54, 1.807) is 6.08 Å². The molecule has 412 valence electrons. The van der Waals surface area contributed by atoms with Gasteiger partial charge in [0.2, 0.25) is 5.91 Å². The van der Waals surface area contributed by atoms with Gasteiger partial charge in [-0.1, -0.05) is 294 Å². The first kappa shape index (κ1) is 68.1. The molecule has 0 saturated carbocycles. The van der Waals surface area contributed by atoms with Crippen molar-refractivity contribution in [3.8, 4) is 0 Å². The van der Waals surface area contributed by atoms with E-state index >= 15 is 0 Å². The minimum Gasteiger partial charge on any atom is -0.466 e. The SMILES string of the molecule is CCCCCC/C=C\C/C=C\CCCCCCCC(=O)OCCCCCCCCCCCCCCCCC(=O)NC(CO)C(O)/C=C/CCCCCCCCCCCCCCCCCCCCCCC. The van der Waals surface area contributed by atoms with Crippen LogP contribution in [0, 0.1) is 0 Å². The van der Waals surface area contributed by atoms with Crippen LogP contribution in [-0.4, -0.2) is 47.4 Å². The summed E-state index contributed by atoms with van der Waals surface area (Å²) >= 11 is 0. The lowest BCUT2D eigenvalue weighted by Crippen LogP contribution is -2.45. The van der Waals surface area contributed by atoms with Crippen molar-refractivity contribution in [3.63, 3.8) is 0 Å². The van der Waals surface area contributed by atoms with E-state index in [-0.39, 0.29) is 18.5 Å². The number of carbonyl (C=O) groups is 2. The second kappa shape index (κ2) is 59.6. The normalized spacial score (nSPS) is 12.8. The molecule has 0 aromatic heterocycles. The number of rotatable bonds is 58. The van der Waals surface area contributed by atoms with Gasteiger partial charge in [-0.2, -0.15) is 0 Å². The first-order valence-corrected chi connectivity index (χ1v) is 31.3. The molecule has 0 aliphatic carbocycles. The third kappa shape index (κ3) is 55.4. The van der Waals surface area contributed by atoms with Gasteiger partial charge in [0.1, 0.15) is 0 Å². The highest BCUT2D eigenvalue weighted by atomic mass is 16.5. The highest BCUT2D eigenvalue weighted by Crippen LogP contribution is 2.17. The minimum atomic E-state index is -0.854. The van der Waals surface area contributed by atoms with Crippen LogP contribution in [0.25, 0.3) is 0 Å². The van der Waals surface area contributed by atoms with E-state index in [1.807, 2.05) is 6.08 Å². The van der Waals surface area contributed by atoms with Crippen LogP contribution in [0.15, 0.2) is 36.5 Å². The zero-order valence-corrected chi connectivity index (χ0v) is 47.0. The number of carbonyl (C=O) groups excluding carboxylic acids is 2. The predicted molar refractivity (Wildman–Crippen MR) is 306 cm³/mol. The second-order valence-corrected chi connectivity index (χ2v) is 21.4. The molecule has 1 amide bonds. The number of nitrogens with one attached hydrogen (secondary N) is 1. The average molecular weight is 985 g/mol. The highest BCUT2D eigenvalue weighted by Gasteiger charge is 2.18. The van der Waals surface area contributed by atoms with Gasteiger partial charge in [-0.25, -0.2) is 0 Å². The smallest absolute Gasteiger partial charge is 0.305 e. The van der Waals surface area contributed by atoms with Gasteiger partial charge < -0.3 is 20.3 Å². The highest BCUT2D eigenvalue weighted by molar-refractivity contribution is 5.76. The Morgan fingerprint density at radius 2 is 0.714 bits per heavy atom. The van der Waals surface area contributed by atoms with Crippen LogP contribution in [0.1, 0.15) is 335 Å². The van der Waals surface area contributed by atoms with Crippen LogP contribution < -0.4 is 5.32 Å². The molecule has 0 radical (unpaired) electrons. The molecular weight excluding hydrogens is 863 g/mol. The molecule has 0 heterocycles. The zero-order chi connectivity index (χ0) is 50.7. The van der Waals surface area contributed by atoms with Gasteiger partial charge in [0.15, 0.2) is 0 Å². The van der Waals surface area contributed by atoms with Crippen molar-refractivity contribution in [2.75, 3.05) is 13.2 Å². The fraction of sp³-hybridized carbons (Fsp3) is 0.875. The first-order chi connectivity index (χ1) is 34.5. The number of esters is 1. The molecular formula is C64H121NO5. The van der Waals surface area contributed by atoms with Crippen molar-refractivity contribution in [3.05, 3.63) is 36.5 Å². The number of amides is 1. The van der Waals surface area contributed by atoms with Gasteiger partial charge in [0.25, 0.3) is 0 Å². The molecule has 0 rings (SSSR count). The number of hydrogen-bond acceptors (Lipinski definition) is 5. The molecule has 0 spiro atoms. The zero-order valence-electron chi connectivity index (χ0n) is 47.0. The number of allylic oxidation sites excluding steroid dienone is 5. The van der Waals surface area contributed by atoms with Gasteiger partial charge in [0.05, 0.1) is 25.4 Å². The molecule has 0 aliphatic heterocycles. The summed E-state index contributed by atoms with van der Waals surface area (Å²) in [7, 11) is 0. The monoisotopic (exact) mass is 984 g/mol. The lowest BCUT2D eigenvalue weighted by molar-refractivity contribution is -0.143. The van der Waals surface area contributed by atoms with Crippen molar-refractivity contribution in [1.29, 1.82) is 0 Å². The quantitative estimate of drug-likeness (QED) is 0.0321. The Balaban J connectivity index is 3.48. The predicted octanol–water partition coefficient (Wildman–Crippen LogP) is 19.6. The van der Waals surface area contributed by atoms with Crippen LogP contribution in [0.4, 0.5) is 0 Å². The van der Waals surface area contributed by atoms with E-state index in [0.717, 1.165) is 64.2 Å². The van der Waals surface area contributed by atoms with Gasteiger partial charge in [0, 0.05) is 12.8 Å². The third-order valence-electron chi connectivity index (χ3n) is 14.4. The maximum atomic E-state index is 12.5. The Bertz CT molecular complexity index is 1130. The van der Waals surface area contributed by atoms with Crippen LogP contribution >= 0.6 is 0 Å². The van der Waals surface area contributed by atoms with Gasteiger partial charge >= 0.3 is 5.97 Å². The molecule has 0 aliphatic rings. The van der Waals surface area contributed by atoms with Crippen molar-refractivity contribution in [2.24, 2.45) is 0 Å². The molecule has 6 heteroatoms. The Morgan fingerprint density at radius 3 is 1.10 bits per heavy atom. The summed E-state index contributed by atoms with van der Waals surface area (Å²) in [5, 5.41) is 23.2. The third-order valence-corrected chi connectivity index (χ3v) is 14.4. The number of hydrogen-bond donors (Lipinski definition) is 3. The molecule has 70 heavy (non-hydrogen) atoms. The summed E-state index contributed by atoms with van der Waals surface area (Å²) in [6.07, 6.45) is 74.6. The van der Waals surface area contributed by atoms with Crippen molar-refractivity contribution in [2.45, 2.75) is 347 Å². The molecule has 0 saturated heterocycles. The van der Waals surface area contributed by atoms with Crippen molar-refractivity contribution >= 4 is 11.9 Å². The number of aliphatic hydroxyl groups excluding tert-OH is 2. The molecule has 6 nitrogen and oxygen atoms in total. The van der Waals surface area contributed by atoms with Crippen LogP contribution in [0.5, 0.6) is 0 Å². The van der Waals surface area contributed by atoms with Gasteiger partial charge in [-0.05, 0) is 64.2 Å². The van der Waals surface area contributed by atoms with Crippen molar-refractivity contribution in [1.82, 2.24) is 5.32 Å². The lowest BCUT2D eigenvalue weighted by atomic mass is 10.0. The fourth-order valence-electron chi connectivity index (χ4n) is 9.61. The van der Waals surface area contributed by atoms with E-state index in [9.17, 15) is 19.8 Å². The Kier molecular flexibility index (Phi) is 58.0. The van der Waals surface area contributed by atoms with Crippen molar-refractivity contribution < 1.29 is 24.5 Å². The number of aliphatic hydroxyl groups is 2. The van der Waals surface area contributed by atoms with E-state index in [1.165, 1.54) is 244 Å². The van der Waals surface area contributed by atoms with E-state index in [0.29, 0.717) is 19.4 Å². The molecule has 0 aromatic carbocycles. The lowest BCUT2D eigenvalue weighted by Gasteiger charge is -2.20. The summed E-state index contributed by atoms with van der Waals surface area (Å²) in [6, 6.07) is -0.638. The molecule has 3 N–H and O–H groups in total. The van der Waals surface area contributed by atoms with E-state index < -0.39 is 12.1 Å². The Morgan fingerprint density at radius 1 is 0.400 bits per heavy atom. The van der Waals surface area contributed by atoms with Gasteiger partial charge in [-0.3, -0.25) is 9.59 Å². The summed E-state index contributed by atoms with van der Waals surface area (Å²) in [5.41, 5.74) is 0. The van der Waals surface area contributed by atoms with E-state index in [4.69, 9.17) is 4.74 Å². The van der Waals surface area contributed by atoms with Gasteiger partial charge in [-0.15, -0.1) is 0 Å². The molecule has 0 fully saturated rings. The maximum absolute atomic E-state index is 12.5. The number of unbranched alkanes of at least 4 members (excludes halogenated alkanes) is 43. The maximum Gasteiger partial charge on any atom is 0.305 e. The molecule has 0 bridgehead atoms. The second-order valence-electron chi connectivity index (χ2n) is 21.4. The summed E-state index contributed by atoms with van der Waals surface area (Å²) in [4.78, 5) is 24.6. The van der Waals surface area contributed by atoms with Crippen LogP contribution in [-0.2, 0) is 14.3 Å². The largest absolute Gasteiger partial charge is 0.466 e. The molecule has 0 aromatic rings. The Hall–Kier alpha value is -1.92.